The summed E-state index contributed by atoms with van der Waals surface area (Å²) in [6, 6.07) is 17.6. The van der Waals surface area contributed by atoms with Crippen LogP contribution in [0, 0.1) is 0 Å². The normalized spacial score (nSPS) is 14.3. The highest BCUT2D eigenvalue weighted by molar-refractivity contribution is 6.06. The average Bonchev–Trinajstić information content (AvgIpc) is 3.19. The third kappa shape index (κ3) is 2.51. The van der Waals surface area contributed by atoms with E-state index in [1.165, 1.54) is 0 Å². The summed E-state index contributed by atoms with van der Waals surface area (Å²) in [5.74, 6) is 0.542. The van der Waals surface area contributed by atoms with Crippen LogP contribution in [-0.2, 0) is 7.05 Å². The van der Waals surface area contributed by atoms with Crippen LogP contribution >= 0.6 is 0 Å². The predicted molar refractivity (Wildman–Crippen MR) is 111 cm³/mol. The van der Waals surface area contributed by atoms with E-state index >= 15 is 0 Å². The maximum Gasteiger partial charge on any atom is 0.261 e. The van der Waals surface area contributed by atoms with E-state index in [4.69, 9.17) is 10.8 Å². The van der Waals surface area contributed by atoms with Crippen molar-refractivity contribution in [3.05, 3.63) is 70.5 Å². The molecule has 28 heavy (non-hydrogen) atoms. The number of benzene rings is 2. The molecule has 138 valence electrons. The Labute approximate surface area is 160 Å². The second-order valence-electron chi connectivity index (χ2n) is 6.90. The number of fused-ring (bicyclic) bond motifs is 3. The van der Waals surface area contributed by atoms with Crippen molar-refractivity contribution in [3.63, 3.8) is 0 Å². The summed E-state index contributed by atoms with van der Waals surface area (Å²) >= 11 is 0. The lowest BCUT2D eigenvalue weighted by atomic mass is 10.0. The van der Waals surface area contributed by atoms with Crippen LogP contribution in [0.5, 0.6) is 0 Å². The van der Waals surface area contributed by atoms with Crippen LogP contribution in [0.1, 0.15) is 18.4 Å². The Morgan fingerprint density at radius 1 is 0.964 bits per heavy atom. The molecule has 1 aliphatic rings. The predicted octanol–water partition coefficient (Wildman–Crippen LogP) is 2.71. The Hall–Kier alpha value is -3.74. The molecule has 0 saturated carbocycles. The van der Waals surface area contributed by atoms with Gasteiger partial charge in [0.25, 0.3) is 5.56 Å². The van der Waals surface area contributed by atoms with Gasteiger partial charge in [-0.2, -0.15) is 10.2 Å². The Kier molecular flexibility index (Phi) is 3.61. The molecule has 7 nitrogen and oxygen atoms in total. The first kappa shape index (κ1) is 16.4. The molecule has 2 aromatic carbocycles. The van der Waals surface area contributed by atoms with Gasteiger partial charge < -0.3 is 5.73 Å². The molecule has 2 N–H and O–H groups in total. The van der Waals surface area contributed by atoms with Gasteiger partial charge in [-0.3, -0.25) is 9.36 Å². The molecule has 7 heteroatoms. The molecule has 2 aromatic heterocycles. The fraction of sp³-hybridized carbons (Fsp3) is 0.143. The molecular weight excluding hydrogens is 352 g/mol. The van der Waals surface area contributed by atoms with Crippen molar-refractivity contribution < 1.29 is 0 Å². The van der Waals surface area contributed by atoms with Gasteiger partial charge in [0.05, 0.1) is 22.3 Å². The Morgan fingerprint density at radius 2 is 1.79 bits per heavy atom. The van der Waals surface area contributed by atoms with Crippen LogP contribution in [0.3, 0.4) is 0 Å². The summed E-state index contributed by atoms with van der Waals surface area (Å²) in [6.45, 7) is 0. The molecule has 0 fully saturated rings. The van der Waals surface area contributed by atoms with E-state index in [1.54, 1.807) is 11.6 Å². The number of nitrogens with two attached hydrogens (primary N) is 1. The van der Waals surface area contributed by atoms with Crippen molar-refractivity contribution >= 4 is 28.1 Å². The Balaban J connectivity index is 1.78. The third-order valence-corrected chi connectivity index (χ3v) is 5.12. The highest BCUT2D eigenvalue weighted by Crippen LogP contribution is 2.23. The summed E-state index contributed by atoms with van der Waals surface area (Å²) in [6.07, 6.45) is 1.41. The zero-order valence-electron chi connectivity index (χ0n) is 15.3. The van der Waals surface area contributed by atoms with E-state index in [-0.39, 0.29) is 5.56 Å². The zero-order chi connectivity index (χ0) is 19.3. The number of aromatic nitrogens is 3. The fourth-order valence-corrected chi connectivity index (χ4v) is 3.56. The summed E-state index contributed by atoms with van der Waals surface area (Å²) in [7, 11) is 1.77. The maximum atomic E-state index is 12.9. The summed E-state index contributed by atoms with van der Waals surface area (Å²) in [5.41, 5.74) is 10.8. The molecular formula is C21H18N6O. The van der Waals surface area contributed by atoms with Crippen LogP contribution < -0.4 is 11.3 Å². The monoisotopic (exact) mass is 370 g/mol. The van der Waals surface area contributed by atoms with Gasteiger partial charge in [0.1, 0.15) is 11.5 Å². The first-order chi connectivity index (χ1) is 13.6. The molecule has 0 amide bonds. The molecule has 0 bridgehead atoms. The smallest absolute Gasteiger partial charge is 0.261 e. The molecule has 0 aliphatic carbocycles. The van der Waals surface area contributed by atoms with Crippen molar-refractivity contribution in [3.8, 4) is 11.3 Å². The van der Waals surface area contributed by atoms with Gasteiger partial charge in [-0.15, -0.1) is 5.10 Å². The standard InChI is InChI=1S/C21H18N6O/c1-26-20-12-17(13-5-3-2-4-6-13)25-27(20)18-11-14(7-8-15(18)21(26)28)16-9-10-19(22)24-23-16/h2-8,11-12H,9-10H2,1H3,(H2,22,24). The van der Waals surface area contributed by atoms with Crippen molar-refractivity contribution in [1.82, 2.24) is 14.2 Å². The molecule has 5 rings (SSSR count). The van der Waals surface area contributed by atoms with Crippen LogP contribution in [0.2, 0.25) is 0 Å². The van der Waals surface area contributed by atoms with Crippen molar-refractivity contribution in [2.75, 3.05) is 0 Å². The minimum absolute atomic E-state index is 0.0543. The average molecular weight is 370 g/mol. The first-order valence-corrected chi connectivity index (χ1v) is 9.09. The molecule has 0 spiro atoms. The van der Waals surface area contributed by atoms with Gasteiger partial charge in [0.15, 0.2) is 0 Å². The van der Waals surface area contributed by atoms with Crippen LogP contribution in [0.25, 0.3) is 27.8 Å². The van der Waals surface area contributed by atoms with Crippen LogP contribution in [0.4, 0.5) is 0 Å². The van der Waals surface area contributed by atoms with E-state index in [9.17, 15) is 4.79 Å². The second kappa shape index (κ2) is 6.16. The van der Waals surface area contributed by atoms with Crippen LogP contribution in [0.15, 0.2) is 69.6 Å². The van der Waals surface area contributed by atoms with Crippen molar-refractivity contribution in [1.29, 1.82) is 0 Å². The lowest BCUT2D eigenvalue weighted by Crippen LogP contribution is -2.20. The minimum atomic E-state index is -0.0543. The molecule has 1 aliphatic heterocycles. The number of nitrogens with zero attached hydrogens (tertiary/aromatic N) is 5. The van der Waals surface area contributed by atoms with Gasteiger partial charge in [-0.25, -0.2) is 4.52 Å². The fourth-order valence-electron chi connectivity index (χ4n) is 3.56. The third-order valence-electron chi connectivity index (χ3n) is 5.12. The Morgan fingerprint density at radius 3 is 2.54 bits per heavy atom. The topological polar surface area (TPSA) is 90.0 Å². The Bertz CT molecular complexity index is 1340. The second-order valence-corrected chi connectivity index (χ2v) is 6.90. The van der Waals surface area contributed by atoms with Gasteiger partial charge >= 0.3 is 0 Å². The number of aryl methyl sites for hydroxylation is 1. The van der Waals surface area contributed by atoms with E-state index in [0.717, 1.165) is 40.1 Å². The zero-order valence-corrected chi connectivity index (χ0v) is 15.3. The highest BCUT2D eigenvalue weighted by Gasteiger charge is 2.16. The van der Waals surface area contributed by atoms with Gasteiger partial charge in [-0.1, -0.05) is 36.4 Å². The van der Waals surface area contributed by atoms with Crippen molar-refractivity contribution in [2.45, 2.75) is 12.8 Å². The molecule has 0 unspecified atom stereocenters. The highest BCUT2D eigenvalue weighted by atomic mass is 16.1. The van der Waals surface area contributed by atoms with Gasteiger partial charge in [-0.05, 0) is 18.6 Å². The lowest BCUT2D eigenvalue weighted by Gasteiger charge is -2.11. The molecule has 0 saturated heterocycles. The molecule has 4 aromatic rings. The minimum Gasteiger partial charge on any atom is -0.386 e. The van der Waals surface area contributed by atoms with Crippen LogP contribution in [-0.4, -0.2) is 25.7 Å². The summed E-state index contributed by atoms with van der Waals surface area (Å²) in [4.78, 5) is 12.9. The SMILES string of the molecule is Cn1c(=O)c2ccc(C3=NN=C(N)CC3)cc2n2nc(-c3ccccc3)cc12. The van der Waals surface area contributed by atoms with E-state index < -0.39 is 0 Å². The van der Waals surface area contributed by atoms with Gasteiger partial charge in [0.2, 0.25) is 0 Å². The number of rotatable bonds is 2. The molecule has 0 atom stereocenters. The molecule has 3 heterocycles. The number of hydrogen-bond acceptors (Lipinski definition) is 5. The van der Waals surface area contributed by atoms with Gasteiger partial charge in [0, 0.05) is 30.7 Å². The quantitative estimate of drug-likeness (QED) is 0.588. The van der Waals surface area contributed by atoms with E-state index in [0.29, 0.717) is 17.6 Å². The van der Waals surface area contributed by atoms with E-state index in [1.807, 2.05) is 59.1 Å². The number of amidine groups is 1. The molecule has 0 radical (unpaired) electrons. The largest absolute Gasteiger partial charge is 0.386 e. The lowest BCUT2D eigenvalue weighted by molar-refractivity contribution is 0.850. The summed E-state index contributed by atoms with van der Waals surface area (Å²) in [5, 5.41) is 13.6. The summed E-state index contributed by atoms with van der Waals surface area (Å²) < 4.78 is 3.45. The number of hydrogen-bond donors (Lipinski definition) is 1. The van der Waals surface area contributed by atoms with Crippen molar-refractivity contribution in [2.24, 2.45) is 23.0 Å². The first-order valence-electron chi connectivity index (χ1n) is 9.09. The van der Waals surface area contributed by atoms with E-state index in [2.05, 4.69) is 10.2 Å². The maximum absolute atomic E-state index is 12.9.